The van der Waals surface area contributed by atoms with Crippen LogP contribution in [0.15, 0.2) is 30.5 Å². The number of ether oxygens (including phenoxy) is 1. The minimum absolute atomic E-state index is 0.359. The largest absolute Gasteiger partial charge is 0.478 e. The quantitative estimate of drug-likeness (QED) is 0.832. The fraction of sp³-hybridized carbons (Fsp3) is 0.167. The van der Waals surface area contributed by atoms with Crippen molar-refractivity contribution in [3.63, 3.8) is 0 Å². The summed E-state index contributed by atoms with van der Waals surface area (Å²) in [4.78, 5) is 0. The first kappa shape index (κ1) is 10.4. The molecule has 2 N–H and O–H groups in total. The van der Waals surface area contributed by atoms with Crippen LogP contribution in [0.3, 0.4) is 0 Å². The average molecular weight is 215 g/mol. The SMILES string of the molecule is COc1nncc(-c2ccc(C)cc2)c1N. The van der Waals surface area contributed by atoms with Crippen LogP contribution >= 0.6 is 0 Å². The maximum absolute atomic E-state index is 5.94. The lowest BCUT2D eigenvalue weighted by atomic mass is 10.1. The summed E-state index contributed by atoms with van der Waals surface area (Å²) in [5, 5.41) is 7.66. The molecule has 2 rings (SSSR count). The summed E-state index contributed by atoms with van der Waals surface area (Å²) in [6, 6.07) is 8.06. The lowest BCUT2D eigenvalue weighted by Gasteiger charge is -2.08. The van der Waals surface area contributed by atoms with Gasteiger partial charge in [0.05, 0.1) is 13.3 Å². The molecule has 1 aromatic carbocycles. The second-order valence-corrected chi connectivity index (χ2v) is 3.55. The summed E-state index contributed by atoms with van der Waals surface area (Å²) < 4.78 is 5.03. The molecule has 4 nitrogen and oxygen atoms in total. The van der Waals surface area contributed by atoms with E-state index in [9.17, 15) is 0 Å². The second-order valence-electron chi connectivity index (χ2n) is 3.55. The van der Waals surface area contributed by atoms with Crippen molar-refractivity contribution in [2.75, 3.05) is 12.8 Å². The Morgan fingerprint density at radius 1 is 1.19 bits per heavy atom. The predicted molar refractivity (Wildman–Crippen MR) is 63.2 cm³/mol. The number of anilines is 1. The van der Waals surface area contributed by atoms with E-state index in [1.807, 2.05) is 31.2 Å². The first-order valence-electron chi connectivity index (χ1n) is 4.94. The third-order valence-corrected chi connectivity index (χ3v) is 2.41. The second kappa shape index (κ2) is 4.18. The summed E-state index contributed by atoms with van der Waals surface area (Å²) in [6.45, 7) is 2.04. The highest BCUT2D eigenvalue weighted by atomic mass is 16.5. The lowest BCUT2D eigenvalue weighted by Crippen LogP contribution is -1.99. The van der Waals surface area contributed by atoms with E-state index in [0.29, 0.717) is 11.6 Å². The van der Waals surface area contributed by atoms with Crippen molar-refractivity contribution in [3.8, 4) is 17.0 Å². The average Bonchev–Trinajstić information content (AvgIpc) is 2.31. The monoisotopic (exact) mass is 215 g/mol. The Labute approximate surface area is 94.1 Å². The Balaban J connectivity index is 2.51. The van der Waals surface area contributed by atoms with Gasteiger partial charge in [0.2, 0.25) is 0 Å². The van der Waals surface area contributed by atoms with Gasteiger partial charge < -0.3 is 10.5 Å². The molecule has 0 aliphatic heterocycles. The molecule has 0 aliphatic carbocycles. The molecule has 0 radical (unpaired) electrons. The molecule has 16 heavy (non-hydrogen) atoms. The van der Waals surface area contributed by atoms with Crippen molar-refractivity contribution in [3.05, 3.63) is 36.0 Å². The van der Waals surface area contributed by atoms with Crippen molar-refractivity contribution in [2.24, 2.45) is 0 Å². The summed E-state index contributed by atoms with van der Waals surface area (Å²) in [5.74, 6) is 0.359. The lowest BCUT2D eigenvalue weighted by molar-refractivity contribution is 0.394. The van der Waals surface area contributed by atoms with Gasteiger partial charge in [-0.3, -0.25) is 0 Å². The smallest absolute Gasteiger partial charge is 0.257 e. The van der Waals surface area contributed by atoms with Crippen molar-refractivity contribution in [2.45, 2.75) is 6.92 Å². The van der Waals surface area contributed by atoms with E-state index in [-0.39, 0.29) is 0 Å². The zero-order valence-corrected chi connectivity index (χ0v) is 9.27. The van der Waals surface area contributed by atoms with Gasteiger partial charge in [-0.25, -0.2) is 0 Å². The van der Waals surface area contributed by atoms with E-state index in [1.165, 1.54) is 12.7 Å². The third kappa shape index (κ3) is 1.82. The van der Waals surface area contributed by atoms with Crippen LogP contribution in [0.25, 0.3) is 11.1 Å². The Bertz CT molecular complexity index is 494. The van der Waals surface area contributed by atoms with Gasteiger partial charge in [-0.1, -0.05) is 29.8 Å². The third-order valence-electron chi connectivity index (χ3n) is 2.41. The molecule has 4 heteroatoms. The number of rotatable bonds is 2. The van der Waals surface area contributed by atoms with Crippen LogP contribution in [0.2, 0.25) is 0 Å². The molecule has 0 atom stereocenters. The molecule has 1 aromatic heterocycles. The van der Waals surface area contributed by atoms with E-state index < -0.39 is 0 Å². The maximum atomic E-state index is 5.94. The number of nitrogens with two attached hydrogens (primary N) is 1. The number of aromatic nitrogens is 2. The molecule has 0 fully saturated rings. The Kier molecular flexibility index (Phi) is 2.72. The van der Waals surface area contributed by atoms with Crippen LogP contribution in [0.1, 0.15) is 5.56 Å². The first-order valence-corrected chi connectivity index (χ1v) is 4.94. The van der Waals surface area contributed by atoms with Crippen LogP contribution in [-0.4, -0.2) is 17.3 Å². The van der Waals surface area contributed by atoms with Gasteiger partial charge >= 0.3 is 0 Å². The fourth-order valence-electron chi connectivity index (χ4n) is 1.49. The fourth-order valence-corrected chi connectivity index (χ4v) is 1.49. The van der Waals surface area contributed by atoms with Crippen molar-refractivity contribution < 1.29 is 4.74 Å². The van der Waals surface area contributed by atoms with Gasteiger partial charge in [0.15, 0.2) is 0 Å². The number of hydrogen-bond acceptors (Lipinski definition) is 4. The topological polar surface area (TPSA) is 61.0 Å². The minimum atomic E-state index is 0.359. The molecule has 0 saturated heterocycles. The highest BCUT2D eigenvalue weighted by Crippen LogP contribution is 2.30. The van der Waals surface area contributed by atoms with Crippen molar-refractivity contribution in [1.82, 2.24) is 10.2 Å². The Hall–Kier alpha value is -2.10. The van der Waals surface area contributed by atoms with Gasteiger partial charge in [-0.15, -0.1) is 5.10 Å². The Morgan fingerprint density at radius 3 is 2.50 bits per heavy atom. The standard InChI is InChI=1S/C12H13N3O/c1-8-3-5-9(6-4-8)10-7-14-15-12(16-2)11(10)13/h3-7H,1-2H3,(H2,13,14). The molecular weight excluding hydrogens is 202 g/mol. The van der Waals surface area contributed by atoms with Crippen LogP contribution in [0.5, 0.6) is 5.88 Å². The molecule has 0 spiro atoms. The molecule has 1 heterocycles. The minimum Gasteiger partial charge on any atom is -0.478 e. The van der Waals surface area contributed by atoms with E-state index >= 15 is 0 Å². The summed E-state index contributed by atoms with van der Waals surface area (Å²) in [5.41, 5.74) is 9.51. The molecule has 0 aliphatic rings. The van der Waals surface area contributed by atoms with Gasteiger partial charge in [0.25, 0.3) is 5.88 Å². The van der Waals surface area contributed by atoms with Crippen LogP contribution in [0.4, 0.5) is 5.69 Å². The number of methoxy groups -OCH3 is 1. The van der Waals surface area contributed by atoms with Gasteiger partial charge in [0.1, 0.15) is 5.69 Å². The highest BCUT2D eigenvalue weighted by Gasteiger charge is 2.09. The summed E-state index contributed by atoms with van der Waals surface area (Å²) in [7, 11) is 1.53. The van der Waals surface area contributed by atoms with E-state index in [2.05, 4.69) is 10.2 Å². The van der Waals surface area contributed by atoms with Crippen LogP contribution in [0, 0.1) is 6.92 Å². The van der Waals surface area contributed by atoms with Crippen LogP contribution in [-0.2, 0) is 0 Å². The molecular formula is C12H13N3O. The molecule has 0 saturated carbocycles. The molecule has 0 unspecified atom stereocenters. The zero-order valence-electron chi connectivity index (χ0n) is 9.27. The highest BCUT2D eigenvalue weighted by molar-refractivity contribution is 5.78. The zero-order chi connectivity index (χ0) is 11.5. The first-order chi connectivity index (χ1) is 7.72. The number of nitrogen functional groups attached to an aromatic ring is 1. The van der Waals surface area contributed by atoms with Gasteiger partial charge in [-0.05, 0) is 12.5 Å². The van der Waals surface area contributed by atoms with Crippen LogP contribution < -0.4 is 10.5 Å². The summed E-state index contributed by atoms with van der Waals surface area (Å²) >= 11 is 0. The van der Waals surface area contributed by atoms with E-state index in [0.717, 1.165) is 11.1 Å². The Morgan fingerprint density at radius 2 is 1.88 bits per heavy atom. The molecule has 2 aromatic rings. The number of aryl methyl sites for hydroxylation is 1. The van der Waals surface area contributed by atoms with E-state index in [1.54, 1.807) is 6.20 Å². The van der Waals surface area contributed by atoms with Gasteiger partial charge in [0, 0.05) is 5.56 Å². The van der Waals surface area contributed by atoms with Crippen molar-refractivity contribution in [1.29, 1.82) is 0 Å². The molecule has 0 bridgehead atoms. The predicted octanol–water partition coefficient (Wildman–Crippen LogP) is 2.04. The van der Waals surface area contributed by atoms with E-state index in [4.69, 9.17) is 10.5 Å². The number of benzene rings is 1. The van der Waals surface area contributed by atoms with Crippen molar-refractivity contribution >= 4 is 5.69 Å². The molecule has 0 amide bonds. The number of nitrogens with zero attached hydrogens (tertiary/aromatic N) is 2. The maximum Gasteiger partial charge on any atom is 0.257 e. The normalized spacial score (nSPS) is 10.1. The molecule has 82 valence electrons. The van der Waals surface area contributed by atoms with Gasteiger partial charge in [-0.2, -0.15) is 5.10 Å². The number of hydrogen-bond donors (Lipinski definition) is 1. The summed E-state index contributed by atoms with van der Waals surface area (Å²) in [6.07, 6.45) is 1.64.